The zero-order valence-corrected chi connectivity index (χ0v) is 17.6. The molecule has 1 N–H and O–H groups in total. The number of aromatic hydroxyl groups is 1. The number of phenols is 1. The molecule has 0 spiro atoms. The minimum atomic E-state index is -1.24. The van der Waals surface area contributed by atoms with Crippen LogP contribution in [0.3, 0.4) is 0 Å². The lowest BCUT2D eigenvalue weighted by Gasteiger charge is -2.19. The smallest absolute Gasteiger partial charge is 0.310 e. The fourth-order valence-electron chi connectivity index (χ4n) is 3.28. The lowest BCUT2D eigenvalue weighted by atomic mass is 10.1. The molecule has 3 aromatic rings. The Kier molecular flexibility index (Phi) is 5.60. The van der Waals surface area contributed by atoms with Crippen LogP contribution in [0.5, 0.6) is 5.75 Å². The number of carbonyl (C=O) groups is 2. The van der Waals surface area contributed by atoms with Gasteiger partial charge in [0.05, 0.1) is 11.9 Å². The predicted octanol–water partition coefficient (Wildman–Crippen LogP) is 5.16. The normalized spacial score (nSPS) is 11.7. The van der Waals surface area contributed by atoms with E-state index in [9.17, 15) is 23.5 Å². The molecule has 0 aliphatic rings. The highest BCUT2D eigenvalue weighted by Gasteiger charge is 2.28. The first-order valence-corrected chi connectivity index (χ1v) is 9.51. The van der Waals surface area contributed by atoms with Gasteiger partial charge in [-0.15, -0.1) is 0 Å². The summed E-state index contributed by atoms with van der Waals surface area (Å²) in [4.78, 5) is 25.5. The minimum absolute atomic E-state index is 0.0983. The van der Waals surface area contributed by atoms with E-state index in [4.69, 9.17) is 16.3 Å². The third-order valence-corrected chi connectivity index (χ3v) is 4.78. The van der Waals surface area contributed by atoms with Gasteiger partial charge in [-0.2, -0.15) is 0 Å². The second kappa shape index (κ2) is 7.72. The maximum atomic E-state index is 14.8. The number of nitrogens with zero attached hydrogens (tertiary/aromatic N) is 1. The van der Waals surface area contributed by atoms with Crippen LogP contribution in [-0.4, -0.2) is 27.2 Å². The molecule has 3 rings (SSSR count). The van der Waals surface area contributed by atoms with Crippen LogP contribution in [0.1, 0.15) is 42.4 Å². The average Bonchev–Trinajstić information content (AvgIpc) is 2.90. The van der Waals surface area contributed by atoms with Gasteiger partial charge in [0.1, 0.15) is 5.60 Å². The highest BCUT2D eigenvalue weighted by Crippen LogP contribution is 2.35. The van der Waals surface area contributed by atoms with E-state index < -0.39 is 34.9 Å². The Morgan fingerprint density at radius 2 is 1.77 bits per heavy atom. The number of hydrogen-bond acceptors (Lipinski definition) is 4. The number of fused-ring (bicyclic) bond motifs is 1. The van der Waals surface area contributed by atoms with Crippen LogP contribution < -0.4 is 0 Å². The first-order valence-electron chi connectivity index (χ1n) is 9.13. The third kappa shape index (κ3) is 4.03. The molecule has 158 valence electrons. The molecule has 0 bridgehead atoms. The Labute approximate surface area is 176 Å². The summed E-state index contributed by atoms with van der Waals surface area (Å²) in [5, 5.41) is 9.98. The van der Waals surface area contributed by atoms with Crippen LogP contribution in [0.15, 0.2) is 30.3 Å². The number of carbonyl (C=O) groups excluding carboxylic acids is 2. The molecule has 30 heavy (non-hydrogen) atoms. The summed E-state index contributed by atoms with van der Waals surface area (Å²) in [6.45, 7) is 6.58. The molecule has 0 aliphatic heterocycles. The van der Waals surface area contributed by atoms with Crippen LogP contribution in [0.4, 0.5) is 8.78 Å². The van der Waals surface area contributed by atoms with Crippen molar-refractivity contribution in [3.63, 3.8) is 0 Å². The lowest BCUT2D eigenvalue weighted by Crippen LogP contribution is -2.25. The number of phenolic OH excluding ortho intramolecular Hbond substituents is 1. The van der Waals surface area contributed by atoms with E-state index in [0.29, 0.717) is 5.02 Å². The summed E-state index contributed by atoms with van der Waals surface area (Å²) in [6, 6.07) is 6.87. The minimum Gasteiger partial charge on any atom is -0.503 e. The fourth-order valence-corrected chi connectivity index (χ4v) is 3.40. The second-order valence-electron chi connectivity index (χ2n) is 7.89. The molecule has 8 heteroatoms. The van der Waals surface area contributed by atoms with E-state index in [1.807, 2.05) is 0 Å². The van der Waals surface area contributed by atoms with Crippen LogP contribution in [0.2, 0.25) is 5.02 Å². The number of benzene rings is 2. The largest absolute Gasteiger partial charge is 0.503 e. The van der Waals surface area contributed by atoms with Crippen LogP contribution >= 0.6 is 11.6 Å². The van der Waals surface area contributed by atoms with E-state index in [2.05, 4.69) is 0 Å². The van der Waals surface area contributed by atoms with Gasteiger partial charge in [0.15, 0.2) is 17.4 Å². The van der Waals surface area contributed by atoms with E-state index in [1.54, 1.807) is 20.8 Å². The van der Waals surface area contributed by atoms with Gasteiger partial charge >= 0.3 is 5.97 Å². The number of ether oxygens (including phenoxy) is 1. The number of rotatable bonds is 3. The quantitative estimate of drug-likeness (QED) is 0.577. The fraction of sp³-hybridized carbons (Fsp3) is 0.273. The van der Waals surface area contributed by atoms with Crippen molar-refractivity contribution in [2.45, 2.75) is 39.7 Å². The molecule has 0 atom stereocenters. The topological polar surface area (TPSA) is 68.5 Å². The number of hydrogen-bond donors (Lipinski definition) is 1. The zero-order valence-electron chi connectivity index (χ0n) is 16.8. The summed E-state index contributed by atoms with van der Waals surface area (Å²) >= 11 is 5.87. The number of esters is 1. The molecular formula is C22H20ClF2NO4. The van der Waals surface area contributed by atoms with Gasteiger partial charge in [-0.05, 0) is 57.5 Å². The van der Waals surface area contributed by atoms with Gasteiger partial charge in [0, 0.05) is 27.7 Å². The van der Waals surface area contributed by atoms with Crippen LogP contribution in [0, 0.1) is 18.6 Å². The van der Waals surface area contributed by atoms with Gasteiger partial charge in [-0.25, -0.2) is 8.78 Å². The predicted molar refractivity (Wildman–Crippen MR) is 109 cm³/mol. The van der Waals surface area contributed by atoms with E-state index in [-0.39, 0.29) is 34.1 Å². The van der Waals surface area contributed by atoms with Crippen molar-refractivity contribution in [1.82, 2.24) is 4.57 Å². The molecule has 0 unspecified atom stereocenters. The Bertz CT molecular complexity index is 1160. The summed E-state index contributed by atoms with van der Waals surface area (Å²) < 4.78 is 35.4. The van der Waals surface area contributed by atoms with E-state index in [1.165, 1.54) is 31.2 Å². The van der Waals surface area contributed by atoms with Crippen molar-refractivity contribution in [1.29, 1.82) is 0 Å². The molecule has 1 aromatic heterocycles. The van der Waals surface area contributed by atoms with Crippen LogP contribution in [0.25, 0.3) is 10.9 Å². The van der Waals surface area contributed by atoms with Gasteiger partial charge in [-0.3, -0.25) is 14.2 Å². The van der Waals surface area contributed by atoms with Gasteiger partial charge in [-0.1, -0.05) is 11.6 Å². The summed E-state index contributed by atoms with van der Waals surface area (Å²) in [7, 11) is 0. The summed E-state index contributed by atoms with van der Waals surface area (Å²) in [5.41, 5.74) is -0.264. The Balaban J connectivity index is 2.23. The number of halogens is 3. The maximum Gasteiger partial charge on any atom is 0.310 e. The second-order valence-corrected chi connectivity index (χ2v) is 8.33. The zero-order chi connectivity index (χ0) is 22.4. The van der Waals surface area contributed by atoms with E-state index in [0.717, 1.165) is 10.6 Å². The Hall–Kier alpha value is -2.93. The standard InChI is InChI=1S/C22H20ClF2NO4/c1-11-14(9-17(27)30-22(2,3)4)18-16(10-15(24)20(28)19(18)25)26(11)21(29)12-5-7-13(23)8-6-12/h5-8,10,28H,9H2,1-4H3. The highest BCUT2D eigenvalue weighted by molar-refractivity contribution is 6.30. The molecule has 0 amide bonds. The molecular weight excluding hydrogens is 416 g/mol. The van der Waals surface area contributed by atoms with Crippen molar-refractivity contribution in [3.05, 3.63) is 63.8 Å². The number of aromatic nitrogens is 1. The molecule has 0 saturated carbocycles. The lowest BCUT2D eigenvalue weighted by molar-refractivity contribution is -0.153. The first-order chi connectivity index (χ1) is 13.9. The molecule has 0 saturated heterocycles. The summed E-state index contributed by atoms with van der Waals surface area (Å²) in [5.74, 6) is -4.84. The Morgan fingerprint density at radius 3 is 2.33 bits per heavy atom. The molecule has 5 nitrogen and oxygen atoms in total. The maximum absolute atomic E-state index is 14.8. The first kappa shape index (κ1) is 21.8. The van der Waals surface area contributed by atoms with Gasteiger partial charge < -0.3 is 9.84 Å². The van der Waals surface area contributed by atoms with Crippen molar-refractivity contribution < 1.29 is 28.2 Å². The van der Waals surface area contributed by atoms with Gasteiger partial charge in [0.2, 0.25) is 0 Å². The summed E-state index contributed by atoms with van der Waals surface area (Å²) in [6.07, 6.45) is -0.359. The average molecular weight is 436 g/mol. The molecule has 0 fully saturated rings. The van der Waals surface area contributed by atoms with Crippen LogP contribution in [-0.2, 0) is 16.0 Å². The molecule has 0 radical (unpaired) electrons. The SMILES string of the molecule is Cc1c(CC(=O)OC(C)(C)C)c2c(F)c(O)c(F)cc2n1C(=O)c1ccc(Cl)cc1. The van der Waals surface area contributed by atoms with Gasteiger partial charge in [0.25, 0.3) is 5.91 Å². The monoisotopic (exact) mass is 435 g/mol. The van der Waals surface area contributed by atoms with Crippen molar-refractivity contribution in [2.75, 3.05) is 0 Å². The van der Waals surface area contributed by atoms with Crippen molar-refractivity contribution in [3.8, 4) is 5.75 Å². The molecule has 0 aliphatic carbocycles. The molecule has 1 heterocycles. The molecule has 2 aromatic carbocycles. The van der Waals surface area contributed by atoms with Crippen molar-refractivity contribution >= 4 is 34.4 Å². The van der Waals surface area contributed by atoms with Crippen molar-refractivity contribution in [2.24, 2.45) is 0 Å². The van der Waals surface area contributed by atoms with E-state index >= 15 is 0 Å². The Morgan fingerprint density at radius 1 is 1.17 bits per heavy atom. The highest BCUT2D eigenvalue weighted by atomic mass is 35.5. The third-order valence-electron chi connectivity index (χ3n) is 4.52.